The summed E-state index contributed by atoms with van der Waals surface area (Å²) in [6, 6.07) is -0.375. The number of aromatic nitrogens is 2. The van der Waals surface area contributed by atoms with E-state index in [0.29, 0.717) is 6.42 Å². The van der Waals surface area contributed by atoms with E-state index in [1.54, 1.807) is 0 Å². The Morgan fingerprint density at radius 3 is 2.53 bits per heavy atom. The molecule has 0 bridgehead atoms. The molecule has 6 heteroatoms. The standard InChI is InChI=1S/C9H14N2O3S/c1-4-9(7(2)12)11-6-8(5-10-11)15(3,13)14/h5-6,9H,4H2,1-3H3. The largest absolute Gasteiger partial charge is 0.298 e. The molecule has 0 amide bonds. The minimum Gasteiger partial charge on any atom is -0.298 e. The second-order valence-electron chi connectivity index (χ2n) is 3.46. The maximum absolute atomic E-state index is 11.2. The van der Waals surface area contributed by atoms with Crippen LogP contribution in [-0.2, 0) is 14.6 Å². The molecule has 15 heavy (non-hydrogen) atoms. The predicted octanol–water partition coefficient (Wildman–Crippen LogP) is 0.827. The zero-order valence-corrected chi connectivity index (χ0v) is 9.78. The summed E-state index contributed by atoms with van der Waals surface area (Å²) in [5.74, 6) is -0.0272. The van der Waals surface area contributed by atoms with Crippen LogP contribution in [0.2, 0.25) is 0 Å². The average Bonchev–Trinajstić information content (AvgIpc) is 2.52. The number of ketones is 1. The number of Topliss-reactive ketones (excluding diaryl/α,β-unsaturated/α-hetero) is 1. The van der Waals surface area contributed by atoms with Gasteiger partial charge in [-0.3, -0.25) is 9.48 Å². The molecule has 0 saturated carbocycles. The number of nitrogens with zero attached hydrogens (tertiary/aromatic N) is 2. The molecule has 0 aliphatic heterocycles. The van der Waals surface area contributed by atoms with Gasteiger partial charge in [-0.05, 0) is 13.3 Å². The van der Waals surface area contributed by atoms with E-state index in [1.165, 1.54) is 24.0 Å². The first-order chi connectivity index (χ1) is 6.86. The summed E-state index contributed by atoms with van der Waals surface area (Å²) in [7, 11) is -3.24. The number of hydrogen-bond donors (Lipinski definition) is 0. The van der Waals surface area contributed by atoms with Crippen molar-refractivity contribution in [3.8, 4) is 0 Å². The zero-order valence-electron chi connectivity index (χ0n) is 8.97. The molecule has 0 aromatic carbocycles. The highest BCUT2D eigenvalue weighted by Gasteiger charge is 2.17. The van der Waals surface area contributed by atoms with Gasteiger partial charge in [0.2, 0.25) is 0 Å². The van der Waals surface area contributed by atoms with Gasteiger partial charge in [-0.1, -0.05) is 6.92 Å². The van der Waals surface area contributed by atoms with Crippen LogP contribution in [-0.4, -0.2) is 30.2 Å². The van der Waals surface area contributed by atoms with Crippen LogP contribution in [0, 0.1) is 0 Å². The zero-order chi connectivity index (χ0) is 11.6. The number of sulfone groups is 1. The van der Waals surface area contributed by atoms with E-state index in [9.17, 15) is 13.2 Å². The van der Waals surface area contributed by atoms with Crippen LogP contribution in [0.3, 0.4) is 0 Å². The van der Waals surface area contributed by atoms with Crippen LogP contribution >= 0.6 is 0 Å². The van der Waals surface area contributed by atoms with Crippen molar-refractivity contribution in [3.63, 3.8) is 0 Å². The van der Waals surface area contributed by atoms with Crippen molar-refractivity contribution in [1.82, 2.24) is 9.78 Å². The van der Waals surface area contributed by atoms with E-state index in [1.807, 2.05) is 6.92 Å². The molecule has 0 radical (unpaired) electrons. The Balaban J connectivity index is 3.08. The van der Waals surface area contributed by atoms with Gasteiger partial charge in [0.05, 0.1) is 6.20 Å². The highest BCUT2D eigenvalue weighted by Crippen LogP contribution is 2.14. The van der Waals surface area contributed by atoms with Crippen LogP contribution in [0.1, 0.15) is 26.3 Å². The van der Waals surface area contributed by atoms with Gasteiger partial charge in [-0.25, -0.2) is 8.42 Å². The molecule has 84 valence electrons. The van der Waals surface area contributed by atoms with E-state index < -0.39 is 9.84 Å². The van der Waals surface area contributed by atoms with E-state index in [4.69, 9.17) is 0 Å². The van der Waals surface area contributed by atoms with Gasteiger partial charge in [-0.15, -0.1) is 0 Å². The van der Waals surface area contributed by atoms with E-state index >= 15 is 0 Å². The summed E-state index contributed by atoms with van der Waals surface area (Å²) in [6.45, 7) is 3.32. The van der Waals surface area contributed by atoms with Crippen LogP contribution in [0.25, 0.3) is 0 Å². The number of rotatable bonds is 4. The fraction of sp³-hybridized carbons (Fsp3) is 0.556. The van der Waals surface area contributed by atoms with Crippen LogP contribution < -0.4 is 0 Å². The predicted molar refractivity (Wildman–Crippen MR) is 55.3 cm³/mol. The second kappa shape index (κ2) is 4.14. The topological polar surface area (TPSA) is 69.0 Å². The molecule has 0 fully saturated rings. The van der Waals surface area contributed by atoms with Crippen molar-refractivity contribution >= 4 is 15.6 Å². The summed E-state index contributed by atoms with van der Waals surface area (Å²) in [5.41, 5.74) is 0. The van der Waals surface area contributed by atoms with Crippen LogP contribution in [0.4, 0.5) is 0 Å². The lowest BCUT2D eigenvalue weighted by atomic mass is 10.1. The lowest BCUT2D eigenvalue weighted by Crippen LogP contribution is -2.16. The molecule has 0 spiro atoms. The molecule has 1 aromatic heterocycles. The number of carbonyl (C=O) groups excluding carboxylic acids is 1. The monoisotopic (exact) mass is 230 g/mol. The number of hydrogen-bond acceptors (Lipinski definition) is 4. The van der Waals surface area contributed by atoms with Gasteiger partial charge >= 0.3 is 0 Å². The Morgan fingerprint density at radius 1 is 1.60 bits per heavy atom. The smallest absolute Gasteiger partial charge is 0.178 e. The highest BCUT2D eigenvalue weighted by molar-refractivity contribution is 7.90. The summed E-state index contributed by atoms with van der Waals surface area (Å²) in [5, 5.41) is 3.89. The van der Waals surface area contributed by atoms with Gasteiger partial charge in [0.15, 0.2) is 15.6 Å². The maximum atomic E-state index is 11.2. The van der Waals surface area contributed by atoms with Crippen molar-refractivity contribution in [2.75, 3.05) is 6.26 Å². The quantitative estimate of drug-likeness (QED) is 0.768. The first-order valence-electron chi connectivity index (χ1n) is 4.61. The first-order valence-corrected chi connectivity index (χ1v) is 6.50. The van der Waals surface area contributed by atoms with Gasteiger partial charge in [-0.2, -0.15) is 5.10 Å². The third-order valence-electron chi connectivity index (χ3n) is 2.18. The van der Waals surface area contributed by atoms with Gasteiger partial charge in [0, 0.05) is 12.5 Å². The van der Waals surface area contributed by atoms with Crippen LogP contribution in [0.15, 0.2) is 17.3 Å². The Hall–Kier alpha value is -1.17. The lowest BCUT2D eigenvalue weighted by Gasteiger charge is -2.10. The molecule has 1 atom stereocenters. The molecule has 1 aromatic rings. The summed E-state index contributed by atoms with van der Waals surface area (Å²) >= 11 is 0. The molecular weight excluding hydrogens is 216 g/mol. The molecule has 1 heterocycles. The molecule has 1 rings (SSSR count). The van der Waals surface area contributed by atoms with E-state index in [2.05, 4.69) is 5.10 Å². The van der Waals surface area contributed by atoms with Crippen LogP contribution in [0.5, 0.6) is 0 Å². The SMILES string of the molecule is CCC(C(C)=O)n1cc(S(C)(=O)=O)cn1. The fourth-order valence-electron chi connectivity index (χ4n) is 1.34. The third kappa shape index (κ3) is 2.65. The summed E-state index contributed by atoms with van der Waals surface area (Å²) in [4.78, 5) is 11.4. The lowest BCUT2D eigenvalue weighted by molar-refractivity contribution is -0.120. The third-order valence-corrected chi connectivity index (χ3v) is 3.25. The van der Waals surface area contributed by atoms with Crippen molar-refractivity contribution in [2.24, 2.45) is 0 Å². The molecule has 0 saturated heterocycles. The normalized spacial score (nSPS) is 13.8. The number of carbonyl (C=O) groups is 1. The summed E-state index contributed by atoms with van der Waals surface area (Å²) < 4.78 is 23.8. The Bertz CT molecular complexity index is 461. The molecule has 1 unspecified atom stereocenters. The van der Waals surface area contributed by atoms with E-state index in [-0.39, 0.29) is 16.7 Å². The second-order valence-corrected chi connectivity index (χ2v) is 5.48. The van der Waals surface area contributed by atoms with E-state index in [0.717, 1.165) is 6.26 Å². The first kappa shape index (κ1) is 11.9. The van der Waals surface area contributed by atoms with Gasteiger partial charge in [0.1, 0.15) is 10.9 Å². The molecule has 0 N–H and O–H groups in total. The molecule has 5 nitrogen and oxygen atoms in total. The maximum Gasteiger partial charge on any atom is 0.178 e. The van der Waals surface area contributed by atoms with Gasteiger partial charge in [0.25, 0.3) is 0 Å². The Kier molecular flexibility index (Phi) is 3.28. The Morgan fingerprint density at radius 2 is 2.20 bits per heavy atom. The fourth-order valence-corrected chi connectivity index (χ4v) is 1.88. The highest BCUT2D eigenvalue weighted by atomic mass is 32.2. The molecular formula is C9H14N2O3S. The van der Waals surface area contributed by atoms with Crippen molar-refractivity contribution in [1.29, 1.82) is 0 Å². The van der Waals surface area contributed by atoms with Crippen molar-refractivity contribution in [2.45, 2.75) is 31.2 Å². The molecule has 0 aliphatic carbocycles. The molecule has 0 aliphatic rings. The minimum absolute atomic E-state index is 0.0272. The average molecular weight is 230 g/mol. The Labute approximate surface area is 89.0 Å². The minimum atomic E-state index is -3.24. The van der Waals surface area contributed by atoms with Crippen molar-refractivity contribution < 1.29 is 13.2 Å². The van der Waals surface area contributed by atoms with Gasteiger partial charge < -0.3 is 0 Å². The van der Waals surface area contributed by atoms with Crippen molar-refractivity contribution in [3.05, 3.63) is 12.4 Å². The summed E-state index contributed by atoms with van der Waals surface area (Å²) in [6.07, 6.45) is 4.37.